The smallest absolute Gasteiger partial charge is 0.220 e. The van der Waals surface area contributed by atoms with Crippen LogP contribution >= 0.6 is 0 Å². The van der Waals surface area contributed by atoms with Crippen molar-refractivity contribution in [3.63, 3.8) is 0 Å². The van der Waals surface area contributed by atoms with Crippen molar-refractivity contribution in [1.29, 1.82) is 0 Å². The zero-order valence-electron chi connectivity index (χ0n) is 8.94. The van der Waals surface area contributed by atoms with Gasteiger partial charge < -0.3 is 5.32 Å². The second-order valence-corrected chi connectivity index (χ2v) is 4.27. The number of fused-ring (bicyclic) bond motifs is 1. The van der Waals surface area contributed by atoms with Crippen molar-refractivity contribution in [1.82, 2.24) is 5.32 Å². The molecule has 2 aromatic carbocycles. The molecule has 1 aliphatic rings. The lowest BCUT2D eigenvalue weighted by Gasteiger charge is -2.11. The molecule has 1 amide bonds. The molecule has 1 N–H and O–H groups in total. The van der Waals surface area contributed by atoms with Crippen LogP contribution in [0.5, 0.6) is 0 Å². The largest absolute Gasteiger partial charge is 0.349 e. The zero-order chi connectivity index (χ0) is 11.0. The molecule has 2 heteroatoms. The van der Waals surface area contributed by atoms with Gasteiger partial charge in [0.15, 0.2) is 0 Å². The Kier molecular flexibility index (Phi) is 2.13. The van der Waals surface area contributed by atoms with Crippen molar-refractivity contribution in [2.24, 2.45) is 0 Å². The van der Waals surface area contributed by atoms with Crippen molar-refractivity contribution < 1.29 is 4.79 Å². The third-order valence-electron chi connectivity index (χ3n) is 3.17. The fourth-order valence-corrected chi connectivity index (χ4v) is 2.29. The minimum absolute atomic E-state index is 0.165. The van der Waals surface area contributed by atoms with E-state index in [9.17, 15) is 4.79 Å². The minimum atomic E-state index is 0.165. The Morgan fingerprint density at radius 2 is 1.88 bits per heavy atom. The summed E-state index contributed by atoms with van der Waals surface area (Å²) in [6.07, 6.45) is 1.56. The Balaban J connectivity index is 2.02. The number of hydrogen-bond donors (Lipinski definition) is 1. The monoisotopic (exact) mass is 211 g/mol. The van der Waals surface area contributed by atoms with Gasteiger partial charge in [0.2, 0.25) is 5.91 Å². The van der Waals surface area contributed by atoms with E-state index in [1.54, 1.807) is 0 Å². The lowest BCUT2D eigenvalue weighted by atomic mass is 10.0. The van der Waals surface area contributed by atoms with E-state index in [2.05, 4.69) is 35.6 Å². The lowest BCUT2D eigenvalue weighted by Crippen LogP contribution is -2.18. The molecule has 0 aliphatic carbocycles. The number of carbonyl (C=O) groups is 1. The van der Waals surface area contributed by atoms with Gasteiger partial charge in [0.05, 0.1) is 6.04 Å². The molecule has 0 aromatic heterocycles. The van der Waals surface area contributed by atoms with Gasteiger partial charge in [-0.15, -0.1) is 0 Å². The van der Waals surface area contributed by atoms with Crippen LogP contribution in [0.1, 0.15) is 24.4 Å². The summed E-state index contributed by atoms with van der Waals surface area (Å²) in [6, 6.07) is 14.9. The van der Waals surface area contributed by atoms with Crippen LogP contribution in [0.25, 0.3) is 10.8 Å². The summed E-state index contributed by atoms with van der Waals surface area (Å²) < 4.78 is 0. The quantitative estimate of drug-likeness (QED) is 0.772. The third kappa shape index (κ3) is 1.56. The average molecular weight is 211 g/mol. The molecule has 80 valence electrons. The van der Waals surface area contributed by atoms with E-state index in [1.165, 1.54) is 16.3 Å². The first-order valence-electron chi connectivity index (χ1n) is 5.61. The maximum absolute atomic E-state index is 11.2. The first-order chi connectivity index (χ1) is 7.83. The highest BCUT2D eigenvalue weighted by atomic mass is 16.1. The molecule has 0 spiro atoms. The summed E-state index contributed by atoms with van der Waals surface area (Å²) >= 11 is 0. The lowest BCUT2D eigenvalue weighted by molar-refractivity contribution is -0.119. The topological polar surface area (TPSA) is 29.1 Å². The van der Waals surface area contributed by atoms with E-state index >= 15 is 0 Å². The van der Waals surface area contributed by atoms with Gasteiger partial charge in [0.25, 0.3) is 0 Å². The van der Waals surface area contributed by atoms with Gasteiger partial charge in [0.1, 0.15) is 0 Å². The van der Waals surface area contributed by atoms with E-state index < -0.39 is 0 Å². The van der Waals surface area contributed by atoms with Gasteiger partial charge in [-0.3, -0.25) is 4.79 Å². The van der Waals surface area contributed by atoms with Crippen LogP contribution in [0.15, 0.2) is 42.5 Å². The summed E-state index contributed by atoms with van der Waals surface area (Å²) in [4.78, 5) is 11.2. The maximum Gasteiger partial charge on any atom is 0.220 e. The molecule has 1 atom stereocenters. The molecule has 2 aromatic rings. The molecule has 0 bridgehead atoms. The van der Waals surface area contributed by atoms with E-state index in [0.29, 0.717) is 6.42 Å². The Hall–Kier alpha value is -1.83. The van der Waals surface area contributed by atoms with Crippen LogP contribution in [-0.4, -0.2) is 5.91 Å². The Morgan fingerprint density at radius 1 is 1.06 bits per heavy atom. The van der Waals surface area contributed by atoms with Crippen LogP contribution in [-0.2, 0) is 4.79 Å². The Bertz CT molecular complexity index is 547. The van der Waals surface area contributed by atoms with Crippen LogP contribution in [0, 0.1) is 0 Å². The minimum Gasteiger partial charge on any atom is -0.349 e. The van der Waals surface area contributed by atoms with Crippen LogP contribution in [0.2, 0.25) is 0 Å². The van der Waals surface area contributed by atoms with Crippen LogP contribution in [0.4, 0.5) is 0 Å². The summed E-state index contributed by atoms with van der Waals surface area (Å²) in [5.74, 6) is 0.165. The zero-order valence-corrected chi connectivity index (χ0v) is 8.94. The molecule has 1 unspecified atom stereocenters. The van der Waals surface area contributed by atoms with Crippen molar-refractivity contribution in [3.05, 3.63) is 48.0 Å². The molecule has 1 saturated heterocycles. The molecule has 1 heterocycles. The molecular weight excluding hydrogens is 198 g/mol. The van der Waals surface area contributed by atoms with Gasteiger partial charge in [-0.05, 0) is 28.8 Å². The molecule has 1 aliphatic heterocycles. The van der Waals surface area contributed by atoms with E-state index in [1.807, 2.05) is 12.1 Å². The number of amides is 1. The Labute approximate surface area is 94.3 Å². The second-order valence-electron chi connectivity index (χ2n) is 4.27. The average Bonchev–Trinajstić information content (AvgIpc) is 2.75. The highest BCUT2D eigenvalue weighted by molar-refractivity contribution is 5.84. The predicted molar refractivity (Wildman–Crippen MR) is 64.1 cm³/mol. The highest BCUT2D eigenvalue weighted by Gasteiger charge is 2.21. The highest BCUT2D eigenvalue weighted by Crippen LogP contribution is 2.26. The maximum atomic E-state index is 11.2. The van der Waals surface area contributed by atoms with Crippen molar-refractivity contribution in [3.8, 4) is 0 Å². The number of benzene rings is 2. The van der Waals surface area contributed by atoms with Crippen LogP contribution in [0.3, 0.4) is 0 Å². The molecule has 2 nitrogen and oxygen atoms in total. The Morgan fingerprint density at radius 3 is 2.62 bits per heavy atom. The van der Waals surface area contributed by atoms with E-state index in [-0.39, 0.29) is 11.9 Å². The number of carbonyl (C=O) groups excluding carboxylic acids is 1. The first-order valence-corrected chi connectivity index (χ1v) is 5.61. The van der Waals surface area contributed by atoms with Crippen molar-refractivity contribution in [2.75, 3.05) is 0 Å². The first kappa shape index (κ1) is 9.40. The molecule has 3 rings (SSSR count). The van der Waals surface area contributed by atoms with Gasteiger partial charge >= 0.3 is 0 Å². The van der Waals surface area contributed by atoms with Crippen LogP contribution < -0.4 is 5.32 Å². The molecule has 0 saturated carbocycles. The van der Waals surface area contributed by atoms with Gasteiger partial charge in [0, 0.05) is 6.42 Å². The summed E-state index contributed by atoms with van der Waals surface area (Å²) in [5.41, 5.74) is 1.21. The molecule has 1 fully saturated rings. The summed E-state index contributed by atoms with van der Waals surface area (Å²) in [5, 5.41) is 5.48. The number of nitrogens with one attached hydrogen (secondary N) is 1. The molecule has 16 heavy (non-hydrogen) atoms. The van der Waals surface area contributed by atoms with Gasteiger partial charge in [-0.1, -0.05) is 36.4 Å². The fraction of sp³-hybridized carbons (Fsp3) is 0.214. The fourth-order valence-electron chi connectivity index (χ4n) is 2.29. The van der Waals surface area contributed by atoms with Gasteiger partial charge in [-0.2, -0.15) is 0 Å². The second kappa shape index (κ2) is 3.63. The third-order valence-corrected chi connectivity index (χ3v) is 3.17. The van der Waals surface area contributed by atoms with E-state index in [4.69, 9.17) is 0 Å². The van der Waals surface area contributed by atoms with Crippen molar-refractivity contribution >= 4 is 16.7 Å². The molecule has 0 radical (unpaired) electrons. The van der Waals surface area contributed by atoms with E-state index in [0.717, 1.165) is 6.42 Å². The summed E-state index contributed by atoms with van der Waals surface area (Å²) in [6.45, 7) is 0. The van der Waals surface area contributed by atoms with Gasteiger partial charge in [-0.25, -0.2) is 0 Å². The SMILES string of the molecule is O=C1CCC(c2ccc3ccccc3c2)N1. The number of hydrogen-bond acceptors (Lipinski definition) is 1. The predicted octanol–water partition coefficient (Wildman–Crippen LogP) is 2.79. The number of rotatable bonds is 1. The molecular formula is C14H13NO. The normalized spacial score (nSPS) is 20.0. The standard InChI is InChI=1S/C14H13NO/c16-14-8-7-13(15-14)12-6-5-10-3-1-2-4-11(10)9-12/h1-6,9,13H,7-8H2,(H,15,16). The van der Waals surface area contributed by atoms with Crippen molar-refractivity contribution in [2.45, 2.75) is 18.9 Å². The summed E-state index contributed by atoms with van der Waals surface area (Å²) in [7, 11) is 0.